The van der Waals surface area contributed by atoms with Gasteiger partial charge in [-0.3, -0.25) is 14.8 Å². The first-order valence-electron chi connectivity index (χ1n) is 7.78. The first-order valence-corrected chi connectivity index (χ1v) is 7.78. The molecule has 2 aromatic rings. The number of aromatic nitrogens is 3. The van der Waals surface area contributed by atoms with Crippen LogP contribution in [0.3, 0.4) is 0 Å². The van der Waals surface area contributed by atoms with E-state index >= 15 is 0 Å². The number of aryl methyl sites for hydroxylation is 3. The van der Waals surface area contributed by atoms with Crippen molar-refractivity contribution in [3.05, 3.63) is 44.9 Å². The first kappa shape index (κ1) is 15.5. The number of pyridine rings is 1. The molecule has 3 rings (SSSR count). The minimum Gasteiger partial charge on any atom is -0.349 e. The lowest BCUT2D eigenvalue weighted by Crippen LogP contribution is -2.24. The van der Waals surface area contributed by atoms with Gasteiger partial charge in [-0.05, 0) is 39.7 Å². The molecule has 0 N–H and O–H groups in total. The van der Waals surface area contributed by atoms with Crippen molar-refractivity contribution in [3.8, 4) is 0 Å². The highest BCUT2D eigenvalue weighted by molar-refractivity contribution is 5.51. The zero-order valence-corrected chi connectivity index (χ0v) is 13.9. The maximum absolute atomic E-state index is 11.0. The van der Waals surface area contributed by atoms with E-state index in [9.17, 15) is 10.1 Å². The Labute approximate surface area is 135 Å². The van der Waals surface area contributed by atoms with E-state index in [1.165, 1.54) is 11.8 Å². The lowest BCUT2D eigenvalue weighted by Gasteiger charge is -2.26. The van der Waals surface area contributed by atoms with Crippen LogP contribution >= 0.6 is 0 Å². The minimum absolute atomic E-state index is 0.0678. The van der Waals surface area contributed by atoms with E-state index < -0.39 is 0 Å². The van der Waals surface area contributed by atoms with Crippen molar-refractivity contribution in [1.82, 2.24) is 14.8 Å². The van der Waals surface area contributed by atoms with Gasteiger partial charge in [-0.25, -0.2) is 4.98 Å². The Morgan fingerprint density at radius 1 is 1.35 bits per heavy atom. The van der Waals surface area contributed by atoms with Crippen LogP contribution < -0.4 is 4.90 Å². The van der Waals surface area contributed by atoms with Gasteiger partial charge in [0.05, 0.1) is 16.7 Å². The van der Waals surface area contributed by atoms with Crippen LogP contribution in [0.4, 0.5) is 11.5 Å². The highest BCUT2D eigenvalue weighted by Gasteiger charge is 2.31. The third kappa shape index (κ3) is 2.56. The van der Waals surface area contributed by atoms with Crippen LogP contribution in [-0.4, -0.2) is 26.2 Å². The second-order valence-corrected chi connectivity index (χ2v) is 6.15. The molecule has 1 aliphatic rings. The average molecular weight is 315 g/mol. The van der Waals surface area contributed by atoms with Gasteiger partial charge in [0.2, 0.25) is 0 Å². The van der Waals surface area contributed by atoms with E-state index in [-0.39, 0.29) is 16.7 Å². The van der Waals surface area contributed by atoms with Crippen molar-refractivity contribution in [3.63, 3.8) is 0 Å². The fourth-order valence-electron chi connectivity index (χ4n) is 3.50. The highest BCUT2D eigenvalue weighted by Crippen LogP contribution is 2.38. The number of hydrogen-bond donors (Lipinski definition) is 0. The van der Waals surface area contributed by atoms with Gasteiger partial charge in [0.15, 0.2) is 0 Å². The Balaban J connectivity index is 1.99. The molecule has 3 heterocycles. The quantitative estimate of drug-likeness (QED) is 0.643. The van der Waals surface area contributed by atoms with E-state index in [1.807, 2.05) is 24.7 Å². The molecule has 0 saturated carbocycles. The Hall–Kier alpha value is -2.44. The second kappa shape index (κ2) is 5.64. The summed E-state index contributed by atoms with van der Waals surface area (Å²) in [5, 5.41) is 15.5. The van der Waals surface area contributed by atoms with Gasteiger partial charge in [0, 0.05) is 30.4 Å². The van der Waals surface area contributed by atoms with Crippen LogP contribution in [0.1, 0.15) is 41.4 Å². The van der Waals surface area contributed by atoms with Crippen molar-refractivity contribution in [2.75, 3.05) is 11.4 Å². The molecule has 1 aliphatic heterocycles. The maximum atomic E-state index is 11.0. The van der Waals surface area contributed by atoms with Gasteiger partial charge < -0.3 is 4.90 Å². The topological polar surface area (TPSA) is 77.1 Å². The predicted octanol–water partition coefficient (Wildman–Crippen LogP) is 2.99. The van der Waals surface area contributed by atoms with Crippen molar-refractivity contribution in [2.24, 2.45) is 7.05 Å². The van der Waals surface area contributed by atoms with Gasteiger partial charge in [-0.15, -0.1) is 0 Å². The van der Waals surface area contributed by atoms with E-state index in [0.717, 1.165) is 36.6 Å². The predicted molar refractivity (Wildman–Crippen MR) is 87.6 cm³/mol. The molecular weight excluding hydrogens is 294 g/mol. The molecule has 1 unspecified atom stereocenters. The van der Waals surface area contributed by atoms with E-state index in [4.69, 9.17) is 0 Å². The summed E-state index contributed by atoms with van der Waals surface area (Å²) in [5.74, 6) is 0.804. The number of hydrogen-bond acceptors (Lipinski definition) is 5. The Bertz CT molecular complexity index is 768. The molecule has 0 radical (unpaired) electrons. The minimum atomic E-state index is -0.386. The fourth-order valence-corrected chi connectivity index (χ4v) is 3.50. The summed E-state index contributed by atoms with van der Waals surface area (Å²) in [6, 6.07) is 2.05. The number of anilines is 1. The van der Waals surface area contributed by atoms with Crippen LogP contribution in [0.15, 0.2) is 12.3 Å². The summed E-state index contributed by atoms with van der Waals surface area (Å²) in [4.78, 5) is 17.2. The van der Waals surface area contributed by atoms with E-state index in [1.54, 1.807) is 6.92 Å². The van der Waals surface area contributed by atoms with Gasteiger partial charge in [0.1, 0.15) is 12.0 Å². The molecule has 0 spiro atoms. The zero-order valence-electron chi connectivity index (χ0n) is 13.9. The molecule has 0 bridgehead atoms. The maximum Gasteiger partial charge on any atom is 0.290 e. The number of rotatable bonds is 3. The standard InChI is InChI=1S/C16H21N5O2/c1-10-8-15(17-9-14(10)21(22)23)20-7-5-6-13(20)16-11(2)18-19(4)12(16)3/h8-9,13H,5-7H2,1-4H3. The molecule has 7 nitrogen and oxygen atoms in total. The van der Waals surface area contributed by atoms with Crippen LogP contribution in [-0.2, 0) is 7.05 Å². The molecule has 7 heteroatoms. The summed E-state index contributed by atoms with van der Waals surface area (Å²) >= 11 is 0. The molecule has 0 aliphatic carbocycles. The van der Waals surface area contributed by atoms with E-state index in [0.29, 0.717) is 5.56 Å². The van der Waals surface area contributed by atoms with Crippen LogP contribution in [0.5, 0.6) is 0 Å². The Morgan fingerprint density at radius 2 is 2.09 bits per heavy atom. The van der Waals surface area contributed by atoms with Crippen molar-refractivity contribution < 1.29 is 4.92 Å². The van der Waals surface area contributed by atoms with Gasteiger partial charge >= 0.3 is 0 Å². The summed E-state index contributed by atoms with van der Waals surface area (Å²) in [6.07, 6.45) is 3.49. The van der Waals surface area contributed by atoms with Crippen LogP contribution in [0.25, 0.3) is 0 Å². The van der Waals surface area contributed by atoms with Crippen LogP contribution in [0.2, 0.25) is 0 Å². The lowest BCUT2D eigenvalue weighted by atomic mass is 10.0. The normalized spacial score (nSPS) is 17.7. The summed E-state index contributed by atoms with van der Waals surface area (Å²) in [5.41, 5.74) is 4.17. The molecular formula is C16H21N5O2. The van der Waals surface area contributed by atoms with Gasteiger partial charge in [-0.1, -0.05) is 0 Å². The molecule has 122 valence electrons. The fraction of sp³-hybridized carbons (Fsp3) is 0.500. The molecule has 1 saturated heterocycles. The Kier molecular flexibility index (Phi) is 3.79. The van der Waals surface area contributed by atoms with E-state index in [2.05, 4.69) is 21.9 Å². The first-order chi connectivity index (χ1) is 10.9. The molecule has 0 aromatic carbocycles. The van der Waals surface area contributed by atoms with Crippen molar-refractivity contribution >= 4 is 11.5 Å². The smallest absolute Gasteiger partial charge is 0.290 e. The Morgan fingerprint density at radius 3 is 2.65 bits per heavy atom. The largest absolute Gasteiger partial charge is 0.349 e. The molecule has 2 aromatic heterocycles. The number of nitro groups is 1. The van der Waals surface area contributed by atoms with Crippen molar-refractivity contribution in [1.29, 1.82) is 0 Å². The number of nitrogens with zero attached hydrogens (tertiary/aromatic N) is 5. The average Bonchev–Trinajstić information content (AvgIpc) is 3.04. The third-order valence-corrected chi connectivity index (χ3v) is 4.71. The van der Waals surface area contributed by atoms with Crippen molar-refractivity contribution in [2.45, 2.75) is 39.7 Å². The van der Waals surface area contributed by atoms with Gasteiger partial charge in [0.25, 0.3) is 5.69 Å². The molecule has 23 heavy (non-hydrogen) atoms. The monoisotopic (exact) mass is 315 g/mol. The summed E-state index contributed by atoms with van der Waals surface area (Å²) in [7, 11) is 1.96. The van der Waals surface area contributed by atoms with Gasteiger partial charge in [-0.2, -0.15) is 5.10 Å². The summed E-state index contributed by atoms with van der Waals surface area (Å²) < 4.78 is 1.91. The third-order valence-electron chi connectivity index (χ3n) is 4.71. The highest BCUT2D eigenvalue weighted by atomic mass is 16.6. The summed E-state index contributed by atoms with van der Waals surface area (Å²) in [6.45, 7) is 6.78. The molecule has 1 atom stereocenters. The SMILES string of the molecule is Cc1cc(N2CCCC2c2c(C)nn(C)c2C)ncc1[N+](=O)[O-]. The molecule has 1 fully saturated rings. The molecule has 0 amide bonds. The zero-order chi connectivity index (χ0) is 16.7. The van der Waals surface area contributed by atoms with Crippen LogP contribution in [0, 0.1) is 30.9 Å². The lowest BCUT2D eigenvalue weighted by molar-refractivity contribution is -0.385. The second-order valence-electron chi connectivity index (χ2n) is 6.15.